The first kappa shape index (κ1) is 19.5. The van der Waals surface area contributed by atoms with Crippen LogP contribution in [0.25, 0.3) is 11.1 Å². The predicted octanol–water partition coefficient (Wildman–Crippen LogP) is 3.75. The third-order valence-corrected chi connectivity index (χ3v) is 4.88. The topological polar surface area (TPSA) is 101 Å². The van der Waals surface area contributed by atoms with E-state index in [9.17, 15) is 14.4 Å². The number of aryl methyl sites for hydroxylation is 2. The number of rotatable bonds is 6. The highest BCUT2D eigenvalue weighted by atomic mass is 32.1. The van der Waals surface area contributed by atoms with E-state index < -0.39 is 17.7 Å². The van der Waals surface area contributed by atoms with Crippen molar-refractivity contribution in [1.29, 1.82) is 0 Å². The van der Waals surface area contributed by atoms with E-state index in [1.807, 2.05) is 6.07 Å². The number of aromatic nitrogens is 2. The minimum atomic E-state index is -0.830. The first-order valence-corrected chi connectivity index (χ1v) is 9.53. The van der Waals surface area contributed by atoms with E-state index in [0.717, 1.165) is 5.69 Å². The summed E-state index contributed by atoms with van der Waals surface area (Å²) >= 11 is 1.23. The Morgan fingerprint density at radius 2 is 1.89 bits per heavy atom. The Labute approximate surface area is 165 Å². The largest absolute Gasteiger partial charge is 0.462 e. The second kappa shape index (κ2) is 8.18. The van der Waals surface area contributed by atoms with Gasteiger partial charge in [0.25, 0.3) is 11.7 Å². The van der Waals surface area contributed by atoms with Gasteiger partial charge in [-0.3, -0.25) is 14.9 Å². The molecule has 0 unspecified atom stereocenters. The number of H-pyrrole nitrogens is 1. The summed E-state index contributed by atoms with van der Waals surface area (Å²) in [6.07, 6.45) is 0. The fourth-order valence-corrected chi connectivity index (χ4v) is 3.51. The lowest BCUT2D eigenvalue weighted by atomic mass is 9.98. The highest BCUT2D eigenvalue weighted by Crippen LogP contribution is 2.31. The monoisotopic (exact) mass is 397 g/mol. The van der Waals surface area contributed by atoms with E-state index in [-0.39, 0.29) is 17.9 Å². The van der Waals surface area contributed by atoms with Crippen molar-refractivity contribution < 1.29 is 19.1 Å². The maximum absolute atomic E-state index is 12.9. The van der Waals surface area contributed by atoms with Crippen molar-refractivity contribution in [1.82, 2.24) is 9.97 Å². The number of benzene rings is 1. The van der Waals surface area contributed by atoms with Crippen LogP contribution < -0.4 is 5.32 Å². The summed E-state index contributed by atoms with van der Waals surface area (Å²) in [5, 5.41) is 4.62. The standard InChI is InChI=1S/C20H19N3O4S/c1-4-27-19(26)14-12(3)22-16(15(14)13-8-6-5-7-9-13)17(24)18(25)23-20-21-11(2)10-28-20/h5-10,22H,4H2,1-3H3,(H,21,23,25). The van der Waals surface area contributed by atoms with Gasteiger partial charge in [0.2, 0.25) is 0 Å². The summed E-state index contributed by atoms with van der Waals surface area (Å²) in [7, 11) is 0. The zero-order valence-corrected chi connectivity index (χ0v) is 16.5. The molecule has 0 atom stereocenters. The third-order valence-electron chi connectivity index (χ3n) is 4.00. The number of thiazole rings is 1. The number of Topliss-reactive ketones (excluding diaryl/α,β-unsaturated/α-hetero) is 1. The molecule has 7 nitrogen and oxygen atoms in total. The van der Waals surface area contributed by atoms with E-state index in [1.165, 1.54) is 11.3 Å². The Morgan fingerprint density at radius 1 is 1.18 bits per heavy atom. The molecule has 0 saturated carbocycles. The van der Waals surface area contributed by atoms with Crippen LogP contribution in [0.15, 0.2) is 35.7 Å². The van der Waals surface area contributed by atoms with E-state index in [2.05, 4.69) is 15.3 Å². The predicted molar refractivity (Wildman–Crippen MR) is 107 cm³/mol. The molecule has 28 heavy (non-hydrogen) atoms. The van der Waals surface area contributed by atoms with Crippen LogP contribution in [0.2, 0.25) is 0 Å². The minimum absolute atomic E-state index is 0.0394. The van der Waals surface area contributed by atoms with Gasteiger partial charge in [0, 0.05) is 16.6 Å². The number of aromatic amines is 1. The van der Waals surface area contributed by atoms with Gasteiger partial charge >= 0.3 is 5.97 Å². The van der Waals surface area contributed by atoms with Crippen LogP contribution >= 0.6 is 11.3 Å². The van der Waals surface area contributed by atoms with Crippen LogP contribution in [0.3, 0.4) is 0 Å². The Morgan fingerprint density at radius 3 is 2.50 bits per heavy atom. The number of esters is 1. The summed E-state index contributed by atoms with van der Waals surface area (Å²) in [5.74, 6) is -2.17. The van der Waals surface area contributed by atoms with Crippen LogP contribution in [0, 0.1) is 13.8 Å². The Bertz CT molecular complexity index is 1040. The fraction of sp³-hybridized carbons (Fsp3) is 0.200. The second-order valence-corrected chi connectivity index (χ2v) is 6.90. The van der Waals surface area contributed by atoms with Crippen LogP contribution in [0.5, 0.6) is 0 Å². The first-order valence-electron chi connectivity index (χ1n) is 8.65. The van der Waals surface area contributed by atoms with Gasteiger partial charge in [0.15, 0.2) is 5.13 Å². The maximum Gasteiger partial charge on any atom is 0.340 e. The molecular weight excluding hydrogens is 378 g/mol. The van der Waals surface area contributed by atoms with E-state index in [0.29, 0.717) is 22.0 Å². The van der Waals surface area contributed by atoms with E-state index >= 15 is 0 Å². The average Bonchev–Trinajstić information content (AvgIpc) is 3.24. The second-order valence-electron chi connectivity index (χ2n) is 6.04. The van der Waals surface area contributed by atoms with Crippen molar-refractivity contribution in [3.8, 4) is 11.1 Å². The summed E-state index contributed by atoms with van der Waals surface area (Å²) in [4.78, 5) is 44.9. The SMILES string of the molecule is CCOC(=O)c1c(C)[nH]c(C(=O)C(=O)Nc2nc(C)cs2)c1-c1ccccc1. The molecule has 3 aromatic rings. The molecule has 0 spiro atoms. The summed E-state index contributed by atoms with van der Waals surface area (Å²) in [6.45, 7) is 5.36. The molecule has 2 N–H and O–H groups in total. The lowest BCUT2D eigenvalue weighted by molar-refractivity contribution is -0.112. The number of anilines is 1. The van der Waals surface area contributed by atoms with Crippen LogP contribution in [0.1, 0.15) is 39.2 Å². The highest BCUT2D eigenvalue weighted by Gasteiger charge is 2.30. The van der Waals surface area contributed by atoms with Gasteiger partial charge in [0.1, 0.15) is 5.69 Å². The lowest BCUT2D eigenvalue weighted by Gasteiger charge is -2.07. The summed E-state index contributed by atoms with van der Waals surface area (Å²) in [6, 6.07) is 8.94. The summed E-state index contributed by atoms with van der Waals surface area (Å²) < 4.78 is 5.14. The zero-order chi connectivity index (χ0) is 20.3. The molecule has 2 heterocycles. The molecule has 2 aromatic heterocycles. The Hall–Kier alpha value is -3.26. The molecule has 0 saturated heterocycles. The van der Waals surface area contributed by atoms with Crippen LogP contribution in [-0.2, 0) is 9.53 Å². The van der Waals surface area contributed by atoms with Crippen molar-refractivity contribution in [3.05, 3.63) is 58.4 Å². The smallest absolute Gasteiger partial charge is 0.340 e. The number of ether oxygens (including phenoxy) is 1. The van der Waals surface area contributed by atoms with E-state index in [1.54, 1.807) is 50.4 Å². The number of nitrogens with zero attached hydrogens (tertiary/aromatic N) is 1. The number of amides is 1. The highest BCUT2D eigenvalue weighted by molar-refractivity contribution is 7.14. The van der Waals surface area contributed by atoms with Gasteiger partial charge in [-0.15, -0.1) is 11.3 Å². The molecule has 144 valence electrons. The molecule has 0 aliphatic heterocycles. The molecule has 1 amide bonds. The quantitative estimate of drug-likeness (QED) is 0.375. The zero-order valence-electron chi connectivity index (χ0n) is 15.7. The minimum Gasteiger partial charge on any atom is -0.462 e. The van der Waals surface area contributed by atoms with Gasteiger partial charge in [0.05, 0.1) is 17.9 Å². The molecule has 3 rings (SSSR count). The van der Waals surface area contributed by atoms with Gasteiger partial charge in [-0.05, 0) is 26.3 Å². The molecule has 0 bridgehead atoms. The van der Waals surface area contributed by atoms with Gasteiger partial charge in [-0.25, -0.2) is 9.78 Å². The van der Waals surface area contributed by atoms with Crippen molar-refractivity contribution in [2.24, 2.45) is 0 Å². The van der Waals surface area contributed by atoms with Gasteiger partial charge < -0.3 is 9.72 Å². The van der Waals surface area contributed by atoms with Gasteiger partial charge in [-0.1, -0.05) is 30.3 Å². The van der Waals surface area contributed by atoms with Crippen molar-refractivity contribution in [3.63, 3.8) is 0 Å². The lowest BCUT2D eigenvalue weighted by Crippen LogP contribution is -2.23. The molecule has 0 aliphatic carbocycles. The molecule has 1 aromatic carbocycles. The molecule has 8 heteroatoms. The van der Waals surface area contributed by atoms with Gasteiger partial charge in [-0.2, -0.15) is 0 Å². The molecule has 0 fully saturated rings. The van der Waals surface area contributed by atoms with Crippen molar-refractivity contribution >= 4 is 34.1 Å². The average molecular weight is 397 g/mol. The number of hydrogen-bond donors (Lipinski definition) is 2. The van der Waals surface area contributed by atoms with Crippen LogP contribution in [0.4, 0.5) is 5.13 Å². The number of carbonyl (C=O) groups is 3. The third kappa shape index (κ3) is 3.86. The summed E-state index contributed by atoms with van der Waals surface area (Å²) in [5.41, 5.74) is 2.48. The Kier molecular flexibility index (Phi) is 5.70. The molecule has 0 radical (unpaired) electrons. The van der Waals surface area contributed by atoms with E-state index in [4.69, 9.17) is 4.74 Å². The maximum atomic E-state index is 12.9. The molecular formula is C20H19N3O4S. The number of carbonyl (C=O) groups excluding carboxylic acids is 3. The van der Waals surface area contributed by atoms with Crippen LogP contribution in [-0.4, -0.2) is 34.2 Å². The fourth-order valence-electron chi connectivity index (χ4n) is 2.83. The Balaban J connectivity index is 2.04. The normalized spacial score (nSPS) is 10.5. The van der Waals surface area contributed by atoms with Crippen molar-refractivity contribution in [2.45, 2.75) is 20.8 Å². The number of nitrogens with one attached hydrogen (secondary N) is 2. The van der Waals surface area contributed by atoms with Crippen molar-refractivity contribution in [2.75, 3.05) is 11.9 Å². The first-order chi connectivity index (χ1) is 13.4. The number of ketones is 1. The molecule has 0 aliphatic rings. The number of hydrogen-bond acceptors (Lipinski definition) is 6.